The van der Waals surface area contributed by atoms with Gasteiger partial charge in [-0.1, -0.05) is 97.8 Å². The van der Waals surface area contributed by atoms with Crippen LogP contribution in [0.4, 0.5) is 0 Å². The van der Waals surface area contributed by atoms with Crippen LogP contribution in [0.5, 0.6) is 0 Å². The van der Waals surface area contributed by atoms with Gasteiger partial charge in [0.25, 0.3) is 0 Å². The summed E-state index contributed by atoms with van der Waals surface area (Å²) in [6.07, 6.45) is 19.5. The van der Waals surface area contributed by atoms with Crippen LogP contribution in [0.3, 0.4) is 0 Å². The van der Waals surface area contributed by atoms with Gasteiger partial charge in [0.1, 0.15) is 0 Å². The van der Waals surface area contributed by atoms with Crippen LogP contribution in [0.25, 0.3) is 0 Å². The molecule has 1 unspecified atom stereocenters. The molecule has 0 aromatic heterocycles. The largest absolute Gasteiger partial charge is 0.397 e. The van der Waals surface area contributed by atoms with Crippen LogP contribution in [0, 0.1) is 5.92 Å². The molecule has 0 heterocycles. The zero-order valence-electron chi connectivity index (χ0n) is 20.0. The Kier molecular flexibility index (Phi) is 21.2. The molecule has 6 heteroatoms. The van der Waals surface area contributed by atoms with E-state index in [1.165, 1.54) is 83.5 Å². The smallest absolute Gasteiger partial charge is 0.325 e. The van der Waals surface area contributed by atoms with Crippen molar-refractivity contribution in [3.05, 3.63) is 0 Å². The van der Waals surface area contributed by atoms with E-state index < -0.39 is 10.4 Å². The zero-order chi connectivity index (χ0) is 22.6. The summed E-state index contributed by atoms with van der Waals surface area (Å²) in [7, 11) is -4.20. The highest BCUT2D eigenvalue weighted by molar-refractivity contribution is 7.80. The molecule has 1 atom stereocenters. The Bertz CT molecular complexity index is 433. The number of unbranched alkanes of at least 4 members (excludes halogenated alkanes) is 10. The second-order valence-electron chi connectivity index (χ2n) is 8.88. The molecular formula is C23H51NO4S. The van der Waals surface area contributed by atoms with Gasteiger partial charge in [-0.05, 0) is 39.0 Å². The second-order valence-corrected chi connectivity index (χ2v) is 9.97. The summed E-state index contributed by atoms with van der Waals surface area (Å²) >= 11 is 0. The van der Waals surface area contributed by atoms with E-state index in [1.807, 2.05) is 6.92 Å². The molecule has 29 heavy (non-hydrogen) atoms. The summed E-state index contributed by atoms with van der Waals surface area (Å²) in [4.78, 5) is 0. The molecule has 0 amide bonds. The molecule has 0 bridgehead atoms. The van der Waals surface area contributed by atoms with Gasteiger partial charge in [-0.3, -0.25) is 4.55 Å². The molecule has 0 saturated carbocycles. The lowest BCUT2D eigenvalue weighted by Gasteiger charge is -2.30. The quantitative estimate of drug-likeness (QED) is 0.177. The van der Waals surface area contributed by atoms with E-state index >= 15 is 0 Å². The number of nitrogens with two attached hydrogens (primary N) is 1. The van der Waals surface area contributed by atoms with Crippen molar-refractivity contribution in [2.75, 3.05) is 6.61 Å². The predicted molar refractivity (Wildman–Crippen MR) is 126 cm³/mol. The molecule has 0 aromatic rings. The van der Waals surface area contributed by atoms with Gasteiger partial charge in [-0.25, -0.2) is 4.18 Å². The number of rotatable bonds is 18. The van der Waals surface area contributed by atoms with Crippen molar-refractivity contribution < 1.29 is 17.2 Å². The van der Waals surface area contributed by atoms with E-state index in [0.29, 0.717) is 12.3 Å². The highest BCUT2D eigenvalue weighted by Gasteiger charge is 2.23. The Hall–Kier alpha value is -0.170. The van der Waals surface area contributed by atoms with E-state index in [-0.39, 0.29) is 12.1 Å². The third kappa shape index (κ3) is 25.8. The normalized spacial score (nSPS) is 13.1. The highest BCUT2D eigenvalue weighted by Crippen LogP contribution is 2.26. The summed E-state index contributed by atoms with van der Waals surface area (Å²) < 4.78 is 31.7. The lowest BCUT2D eigenvalue weighted by atomic mass is 9.81. The summed E-state index contributed by atoms with van der Waals surface area (Å²) in [5.74, 6) is 0.715. The van der Waals surface area contributed by atoms with Gasteiger partial charge >= 0.3 is 10.4 Å². The molecule has 3 N–H and O–H groups in total. The summed E-state index contributed by atoms with van der Waals surface area (Å²) in [5.41, 5.74) is 6.34. The molecule has 5 nitrogen and oxygen atoms in total. The summed E-state index contributed by atoms with van der Waals surface area (Å²) in [5, 5.41) is 0. The Balaban J connectivity index is 0. The van der Waals surface area contributed by atoms with Crippen LogP contribution in [-0.2, 0) is 14.6 Å². The molecule has 178 valence electrons. The van der Waals surface area contributed by atoms with Crippen molar-refractivity contribution in [3.63, 3.8) is 0 Å². The molecule has 0 aliphatic heterocycles. The van der Waals surface area contributed by atoms with Gasteiger partial charge in [-0.15, -0.1) is 0 Å². The molecule has 0 saturated heterocycles. The van der Waals surface area contributed by atoms with Crippen molar-refractivity contribution in [3.8, 4) is 0 Å². The SMILES string of the molecule is CCCCCCCCCCCC(CCCC)C(C)(C)N.CCCCOS(=O)(=O)O. The molecular weight excluding hydrogens is 386 g/mol. The van der Waals surface area contributed by atoms with Gasteiger partial charge < -0.3 is 5.73 Å². The Morgan fingerprint density at radius 1 is 0.759 bits per heavy atom. The first-order valence-corrected chi connectivity index (χ1v) is 13.4. The average molecular weight is 438 g/mol. The van der Waals surface area contributed by atoms with Crippen LogP contribution in [0.2, 0.25) is 0 Å². The monoisotopic (exact) mass is 437 g/mol. The van der Waals surface area contributed by atoms with Crippen LogP contribution in [-0.4, -0.2) is 25.1 Å². The maximum atomic E-state index is 9.84. The first kappa shape index (κ1) is 31.0. The molecule has 0 spiro atoms. The molecule has 0 aromatic carbocycles. The van der Waals surface area contributed by atoms with Crippen molar-refractivity contribution in [2.45, 2.75) is 136 Å². The Morgan fingerprint density at radius 3 is 1.59 bits per heavy atom. The van der Waals surface area contributed by atoms with Gasteiger partial charge in [-0.2, -0.15) is 8.42 Å². The van der Waals surface area contributed by atoms with Gasteiger partial charge in [0.2, 0.25) is 0 Å². The average Bonchev–Trinajstić information content (AvgIpc) is 2.61. The molecule has 0 aliphatic rings. The van der Waals surface area contributed by atoms with Crippen molar-refractivity contribution in [2.24, 2.45) is 11.7 Å². The minimum Gasteiger partial charge on any atom is -0.325 e. The van der Waals surface area contributed by atoms with Gasteiger partial charge in [0.05, 0.1) is 6.61 Å². The Labute approximate surface area is 182 Å². The topological polar surface area (TPSA) is 89.6 Å². The minimum absolute atomic E-state index is 0.00925. The fraction of sp³-hybridized carbons (Fsp3) is 1.00. The van der Waals surface area contributed by atoms with E-state index in [2.05, 4.69) is 31.9 Å². The molecule has 0 aliphatic carbocycles. The maximum absolute atomic E-state index is 9.84. The Morgan fingerprint density at radius 2 is 1.17 bits per heavy atom. The third-order valence-electron chi connectivity index (χ3n) is 5.34. The summed E-state index contributed by atoms with van der Waals surface area (Å²) in [6.45, 7) is 10.9. The van der Waals surface area contributed by atoms with Gasteiger partial charge in [0.15, 0.2) is 0 Å². The number of hydrogen-bond donors (Lipinski definition) is 2. The first-order chi connectivity index (χ1) is 13.6. The fourth-order valence-electron chi connectivity index (χ4n) is 3.35. The standard InChI is InChI=1S/C19H41N.C4H10O4S/c1-5-7-9-10-11-12-13-14-15-17-18(16-8-6-2)19(3,4)20;1-2-3-4-8-9(5,6)7/h18H,5-17,20H2,1-4H3;2-4H2,1H3,(H,5,6,7). The lowest BCUT2D eigenvalue weighted by Crippen LogP contribution is -2.40. The van der Waals surface area contributed by atoms with E-state index in [9.17, 15) is 8.42 Å². The minimum atomic E-state index is -4.20. The molecule has 0 rings (SSSR count). The first-order valence-electron chi connectivity index (χ1n) is 12.0. The van der Waals surface area contributed by atoms with Crippen molar-refractivity contribution in [1.29, 1.82) is 0 Å². The third-order valence-corrected chi connectivity index (χ3v) is 5.81. The second kappa shape index (κ2) is 19.8. The fourth-order valence-corrected chi connectivity index (χ4v) is 3.68. The maximum Gasteiger partial charge on any atom is 0.397 e. The van der Waals surface area contributed by atoms with Crippen LogP contribution < -0.4 is 5.73 Å². The van der Waals surface area contributed by atoms with E-state index in [1.54, 1.807) is 0 Å². The van der Waals surface area contributed by atoms with Crippen molar-refractivity contribution in [1.82, 2.24) is 0 Å². The number of hydrogen-bond acceptors (Lipinski definition) is 4. The highest BCUT2D eigenvalue weighted by atomic mass is 32.3. The van der Waals surface area contributed by atoms with E-state index in [0.717, 1.165) is 6.42 Å². The lowest BCUT2D eigenvalue weighted by molar-refractivity contribution is 0.264. The summed E-state index contributed by atoms with van der Waals surface area (Å²) in [6, 6.07) is 0. The van der Waals surface area contributed by atoms with Gasteiger partial charge in [0, 0.05) is 5.54 Å². The van der Waals surface area contributed by atoms with Crippen LogP contribution in [0.1, 0.15) is 131 Å². The molecule has 0 radical (unpaired) electrons. The zero-order valence-corrected chi connectivity index (χ0v) is 20.9. The van der Waals surface area contributed by atoms with E-state index in [4.69, 9.17) is 10.3 Å². The predicted octanol–water partition coefficient (Wildman–Crippen LogP) is 7.06. The van der Waals surface area contributed by atoms with Crippen LogP contribution >= 0.6 is 0 Å². The molecule has 0 fully saturated rings. The van der Waals surface area contributed by atoms with Crippen LogP contribution in [0.15, 0.2) is 0 Å². The van der Waals surface area contributed by atoms with Crippen molar-refractivity contribution >= 4 is 10.4 Å².